The smallest absolute Gasteiger partial charge is 0.233 e. The van der Waals surface area contributed by atoms with Crippen LogP contribution in [0.1, 0.15) is 25.0 Å². The highest BCUT2D eigenvalue weighted by Gasteiger charge is 2.32. The Morgan fingerprint density at radius 3 is 2.41 bits per heavy atom. The molecule has 1 aliphatic rings. The maximum atomic E-state index is 13.2. The molecule has 0 aromatic heterocycles. The maximum Gasteiger partial charge on any atom is 0.233 e. The van der Waals surface area contributed by atoms with Gasteiger partial charge in [0.05, 0.1) is 11.8 Å². The van der Waals surface area contributed by atoms with Crippen LogP contribution in [0.2, 0.25) is 0 Å². The Bertz CT molecular complexity index is 977. The van der Waals surface area contributed by atoms with Crippen LogP contribution in [0.4, 0.5) is 4.39 Å². The van der Waals surface area contributed by atoms with Crippen LogP contribution in [0.15, 0.2) is 42.5 Å². The fourth-order valence-corrected chi connectivity index (χ4v) is 5.45. The van der Waals surface area contributed by atoms with Crippen molar-refractivity contribution in [2.75, 3.05) is 12.3 Å². The van der Waals surface area contributed by atoms with E-state index in [4.69, 9.17) is 0 Å². The normalized spacial score (nSPS) is 15.8. The van der Waals surface area contributed by atoms with Crippen LogP contribution in [0.25, 0.3) is 11.1 Å². The maximum absolute atomic E-state index is 13.2. The highest BCUT2D eigenvalue weighted by molar-refractivity contribution is 7.89. The zero-order valence-electron chi connectivity index (χ0n) is 16.5. The first-order valence-corrected chi connectivity index (χ1v) is 11.1. The number of carbonyl (C=O) groups is 1. The second kappa shape index (κ2) is 8.61. The summed E-state index contributed by atoms with van der Waals surface area (Å²) in [6.45, 7) is 4.09. The van der Waals surface area contributed by atoms with Crippen molar-refractivity contribution in [1.29, 1.82) is 0 Å². The molecule has 3 rings (SSSR count). The summed E-state index contributed by atoms with van der Waals surface area (Å²) < 4.78 is 40.5. The molecule has 6 nitrogen and oxygen atoms in total. The van der Waals surface area contributed by atoms with Crippen LogP contribution < -0.4 is 0 Å². The summed E-state index contributed by atoms with van der Waals surface area (Å²) in [7, 11) is -3.69. The molecule has 0 bridgehead atoms. The molecular weight excluding hydrogens is 395 g/mol. The summed E-state index contributed by atoms with van der Waals surface area (Å²) in [5.74, 6) is -0.869. The molecule has 29 heavy (non-hydrogen) atoms. The van der Waals surface area contributed by atoms with Gasteiger partial charge in [-0.25, -0.2) is 17.9 Å². The van der Waals surface area contributed by atoms with Crippen molar-refractivity contribution in [3.05, 3.63) is 59.4 Å². The Morgan fingerprint density at radius 2 is 1.79 bits per heavy atom. The van der Waals surface area contributed by atoms with Crippen LogP contribution >= 0.6 is 0 Å². The van der Waals surface area contributed by atoms with E-state index in [9.17, 15) is 22.8 Å². The molecule has 1 heterocycles. The number of sulfonamides is 1. The zero-order valence-corrected chi connectivity index (χ0v) is 17.3. The first-order valence-electron chi connectivity index (χ1n) is 9.49. The first-order chi connectivity index (χ1) is 13.7. The number of halogens is 1. The van der Waals surface area contributed by atoms with Gasteiger partial charge in [0.1, 0.15) is 5.82 Å². The molecule has 0 saturated carbocycles. The highest BCUT2D eigenvalue weighted by atomic mass is 32.2. The Kier molecular flexibility index (Phi) is 6.36. The number of nitrogens with zero attached hydrogens (tertiary/aromatic N) is 2. The van der Waals surface area contributed by atoms with Crippen molar-refractivity contribution in [3.8, 4) is 11.1 Å². The molecule has 1 aliphatic heterocycles. The van der Waals surface area contributed by atoms with Gasteiger partial charge in [0.2, 0.25) is 16.4 Å². The summed E-state index contributed by atoms with van der Waals surface area (Å²) in [5, 5.41) is 10.2. The third-order valence-electron chi connectivity index (χ3n) is 5.35. The molecule has 0 radical (unpaired) electrons. The number of benzene rings is 2. The summed E-state index contributed by atoms with van der Waals surface area (Å²) in [4.78, 5) is 10.9. The van der Waals surface area contributed by atoms with Crippen molar-refractivity contribution < 1.29 is 22.8 Å². The standard InChI is InChI=1S/C21H25FN2O4S/c1-15(2)21(24(26)14-25)13-29(27,28)23-10-9-17-3-4-18(11-19(17)12-23)16-5-7-20(22)8-6-16/h3-8,11,14-15,21,26H,9-10,12-13H2,1-2H3. The van der Waals surface area contributed by atoms with Crippen molar-refractivity contribution in [2.45, 2.75) is 32.9 Å². The van der Waals surface area contributed by atoms with Gasteiger partial charge in [-0.1, -0.05) is 38.1 Å². The minimum absolute atomic E-state index is 0.220. The molecule has 0 spiro atoms. The van der Waals surface area contributed by atoms with Crippen LogP contribution in [-0.4, -0.2) is 47.7 Å². The molecule has 0 saturated heterocycles. The molecule has 1 atom stereocenters. The number of hydrogen-bond acceptors (Lipinski definition) is 4. The molecule has 0 aliphatic carbocycles. The molecule has 2 aromatic carbocycles. The lowest BCUT2D eigenvalue weighted by atomic mass is 9.95. The van der Waals surface area contributed by atoms with E-state index >= 15 is 0 Å². The van der Waals surface area contributed by atoms with Crippen molar-refractivity contribution in [2.24, 2.45) is 5.92 Å². The third kappa shape index (κ3) is 4.83. The van der Waals surface area contributed by atoms with Crippen LogP contribution in [0, 0.1) is 11.7 Å². The lowest BCUT2D eigenvalue weighted by molar-refractivity contribution is -0.161. The van der Waals surface area contributed by atoms with Gasteiger partial charge in [0.15, 0.2) is 0 Å². The second-order valence-corrected chi connectivity index (χ2v) is 9.66. The number of hydrogen-bond donors (Lipinski definition) is 1. The Hall–Kier alpha value is -2.29. The largest absolute Gasteiger partial charge is 0.286 e. The Morgan fingerprint density at radius 1 is 1.14 bits per heavy atom. The minimum Gasteiger partial charge on any atom is -0.286 e. The van der Waals surface area contributed by atoms with Gasteiger partial charge < -0.3 is 0 Å². The fraction of sp³-hybridized carbons (Fsp3) is 0.381. The zero-order chi connectivity index (χ0) is 21.2. The van der Waals surface area contributed by atoms with Crippen molar-refractivity contribution in [1.82, 2.24) is 9.37 Å². The minimum atomic E-state index is -3.69. The molecule has 8 heteroatoms. The molecule has 156 valence electrons. The molecule has 0 fully saturated rings. The van der Waals surface area contributed by atoms with Crippen LogP contribution in [0.5, 0.6) is 0 Å². The number of fused-ring (bicyclic) bond motifs is 1. The van der Waals surface area contributed by atoms with Gasteiger partial charge in [-0.2, -0.15) is 4.31 Å². The first kappa shape index (κ1) is 21.4. The van der Waals surface area contributed by atoms with Crippen LogP contribution in [-0.2, 0) is 27.8 Å². The van der Waals surface area contributed by atoms with Crippen molar-refractivity contribution in [3.63, 3.8) is 0 Å². The predicted molar refractivity (Wildman–Crippen MR) is 108 cm³/mol. The number of hydroxylamine groups is 2. The van der Waals surface area contributed by atoms with E-state index < -0.39 is 16.1 Å². The van der Waals surface area contributed by atoms with Gasteiger partial charge in [-0.3, -0.25) is 10.0 Å². The quantitative estimate of drug-likeness (QED) is 0.424. The summed E-state index contributed by atoms with van der Waals surface area (Å²) >= 11 is 0. The monoisotopic (exact) mass is 420 g/mol. The van der Waals surface area contributed by atoms with Gasteiger partial charge in [0.25, 0.3) is 0 Å². The molecule has 1 amide bonds. The summed E-state index contributed by atoms with van der Waals surface area (Å²) in [6.07, 6.45) is 0.821. The van der Waals surface area contributed by atoms with Crippen molar-refractivity contribution >= 4 is 16.4 Å². The van der Waals surface area contributed by atoms with Gasteiger partial charge in [-0.15, -0.1) is 0 Å². The summed E-state index contributed by atoms with van der Waals surface area (Å²) in [6, 6.07) is 11.2. The van der Waals surface area contributed by atoms with E-state index in [2.05, 4.69) is 0 Å². The van der Waals surface area contributed by atoms with E-state index in [1.165, 1.54) is 16.4 Å². The number of amides is 1. The summed E-state index contributed by atoms with van der Waals surface area (Å²) in [5.41, 5.74) is 3.74. The van der Waals surface area contributed by atoms with E-state index in [0.717, 1.165) is 22.3 Å². The number of carbonyl (C=O) groups excluding carboxylic acids is 1. The second-order valence-electron chi connectivity index (χ2n) is 7.65. The topological polar surface area (TPSA) is 77.9 Å². The lowest BCUT2D eigenvalue weighted by Gasteiger charge is -2.32. The number of rotatable bonds is 7. The average molecular weight is 421 g/mol. The molecule has 2 aromatic rings. The molecule has 1 unspecified atom stereocenters. The average Bonchev–Trinajstić information content (AvgIpc) is 2.71. The molecular formula is C21H25FN2O4S. The SMILES string of the molecule is CC(C)C(CS(=O)(=O)N1CCc2ccc(-c3ccc(F)cc3)cc2C1)N(O)C=O. The van der Waals surface area contributed by atoms with E-state index in [1.807, 2.05) is 18.2 Å². The predicted octanol–water partition coefficient (Wildman–Crippen LogP) is 3.05. The van der Waals surface area contributed by atoms with Gasteiger partial charge in [-0.05, 0) is 52.8 Å². The van der Waals surface area contributed by atoms with Crippen LogP contribution in [0.3, 0.4) is 0 Å². The molecule has 1 N–H and O–H groups in total. The lowest BCUT2D eigenvalue weighted by Crippen LogP contribution is -2.46. The van der Waals surface area contributed by atoms with Gasteiger partial charge in [0, 0.05) is 13.1 Å². The van der Waals surface area contributed by atoms with E-state index in [0.29, 0.717) is 18.0 Å². The Labute approximate surface area is 170 Å². The fourth-order valence-electron chi connectivity index (χ4n) is 3.56. The van der Waals surface area contributed by atoms with Gasteiger partial charge >= 0.3 is 0 Å². The van der Waals surface area contributed by atoms with E-state index in [-0.39, 0.29) is 30.4 Å². The van der Waals surface area contributed by atoms with E-state index in [1.54, 1.807) is 26.0 Å². The Balaban J connectivity index is 1.82. The highest BCUT2D eigenvalue weighted by Crippen LogP contribution is 2.28. The third-order valence-corrected chi connectivity index (χ3v) is 7.21.